The highest BCUT2D eigenvalue weighted by Gasteiger charge is 2.18. The van der Waals surface area contributed by atoms with Crippen molar-refractivity contribution in [3.63, 3.8) is 0 Å². The van der Waals surface area contributed by atoms with Gasteiger partial charge in [-0.15, -0.1) is 11.8 Å². The molecule has 4 aromatic rings. The normalized spacial score (nSPS) is 11.4. The molecule has 2 aromatic heterocycles. The zero-order valence-corrected chi connectivity index (χ0v) is 17.8. The Bertz CT molecular complexity index is 1160. The van der Waals surface area contributed by atoms with Crippen molar-refractivity contribution in [3.05, 3.63) is 72.1 Å². The molecule has 148 valence electrons. The number of nitrogens with zero attached hydrogens (tertiary/aromatic N) is 3. The van der Waals surface area contributed by atoms with Crippen LogP contribution in [0.25, 0.3) is 27.5 Å². The summed E-state index contributed by atoms with van der Waals surface area (Å²) in [6.07, 6.45) is 1.86. The van der Waals surface area contributed by atoms with Crippen molar-refractivity contribution in [2.45, 2.75) is 30.2 Å². The van der Waals surface area contributed by atoms with Crippen molar-refractivity contribution < 1.29 is 8.78 Å². The predicted molar refractivity (Wildman–Crippen MR) is 116 cm³/mol. The third-order valence-electron chi connectivity index (χ3n) is 4.26. The Labute approximate surface area is 176 Å². The van der Waals surface area contributed by atoms with Crippen LogP contribution in [0.1, 0.15) is 19.5 Å². The Balaban J connectivity index is 1.79. The molecule has 0 fully saturated rings. The first-order chi connectivity index (χ1) is 13.9. The quantitative estimate of drug-likeness (QED) is 0.330. The van der Waals surface area contributed by atoms with E-state index in [-0.39, 0.29) is 11.6 Å². The van der Waals surface area contributed by atoms with Crippen LogP contribution in [0, 0.1) is 18.6 Å². The van der Waals surface area contributed by atoms with E-state index in [0.29, 0.717) is 10.4 Å². The van der Waals surface area contributed by atoms with Gasteiger partial charge < -0.3 is 0 Å². The van der Waals surface area contributed by atoms with Gasteiger partial charge in [-0.3, -0.25) is 0 Å². The second-order valence-electron chi connectivity index (χ2n) is 6.89. The molecule has 0 aliphatic rings. The number of hydrogen-bond donors (Lipinski definition) is 0. The third kappa shape index (κ3) is 4.26. The number of hydrogen-bond acceptors (Lipinski definition) is 4. The maximum atomic E-state index is 13.8. The monoisotopic (exact) mass is 427 g/mol. The molecule has 0 saturated carbocycles. The molecule has 0 radical (unpaired) electrons. The Morgan fingerprint density at radius 1 is 1.00 bits per heavy atom. The van der Waals surface area contributed by atoms with Gasteiger partial charge in [-0.1, -0.05) is 49.4 Å². The SMILES string of the molecule is Cc1nn(-c2nc(-c3cccc(F)c3)c(SC(C)C)s2)cc1-c1cccc(F)c1. The van der Waals surface area contributed by atoms with Crippen molar-refractivity contribution >= 4 is 23.1 Å². The topological polar surface area (TPSA) is 30.7 Å². The maximum Gasteiger partial charge on any atom is 0.211 e. The van der Waals surface area contributed by atoms with Crippen LogP contribution in [0.4, 0.5) is 8.78 Å². The molecule has 4 rings (SSSR count). The molecule has 7 heteroatoms. The number of benzene rings is 2. The number of rotatable bonds is 5. The highest BCUT2D eigenvalue weighted by atomic mass is 32.2. The summed E-state index contributed by atoms with van der Waals surface area (Å²) in [5, 5.41) is 5.64. The minimum atomic E-state index is -0.291. The number of thioether (sulfide) groups is 1. The second-order valence-corrected chi connectivity index (χ2v) is 9.72. The van der Waals surface area contributed by atoms with Crippen molar-refractivity contribution in [2.75, 3.05) is 0 Å². The van der Waals surface area contributed by atoms with E-state index in [2.05, 4.69) is 18.9 Å². The molecule has 0 aliphatic heterocycles. The third-order valence-corrected chi connectivity index (χ3v) is 6.51. The molecule has 0 bridgehead atoms. The summed E-state index contributed by atoms with van der Waals surface area (Å²) in [6.45, 7) is 6.11. The van der Waals surface area contributed by atoms with Crippen LogP contribution in [-0.2, 0) is 0 Å². The predicted octanol–water partition coefficient (Wildman–Crippen LogP) is 6.75. The van der Waals surface area contributed by atoms with Crippen LogP contribution in [0.5, 0.6) is 0 Å². The van der Waals surface area contributed by atoms with Gasteiger partial charge in [-0.05, 0) is 36.8 Å². The van der Waals surface area contributed by atoms with E-state index < -0.39 is 0 Å². The standard InChI is InChI=1S/C22H19F2N3S2/c1-13(2)28-21-20(16-7-5-9-18(24)11-16)25-22(29-21)27-12-19(14(3)26-27)15-6-4-8-17(23)10-15/h4-13H,1-3H3. The maximum absolute atomic E-state index is 13.8. The van der Waals surface area contributed by atoms with Crippen molar-refractivity contribution in [1.82, 2.24) is 14.8 Å². The van der Waals surface area contributed by atoms with Gasteiger partial charge >= 0.3 is 0 Å². The summed E-state index contributed by atoms with van der Waals surface area (Å²) in [5.41, 5.74) is 3.90. The lowest BCUT2D eigenvalue weighted by molar-refractivity contribution is 0.628. The Morgan fingerprint density at radius 3 is 2.31 bits per heavy atom. The van der Waals surface area contributed by atoms with Crippen molar-refractivity contribution in [3.8, 4) is 27.5 Å². The smallest absolute Gasteiger partial charge is 0.211 e. The molecular formula is C22H19F2N3S2. The molecule has 0 spiro atoms. The fraction of sp³-hybridized carbons (Fsp3) is 0.182. The lowest BCUT2D eigenvalue weighted by atomic mass is 10.1. The molecular weight excluding hydrogens is 408 g/mol. The minimum Gasteiger partial charge on any atom is -0.217 e. The van der Waals surface area contributed by atoms with Gasteiger partial charge in [0.1, 0.15) is 11.6 Å². The first kappa shape index (κ1) is 19.8. The molecule has 2 aromatic carbocycles. The van der Waals surface area contributed by atoms with Gasteiger partial charge in [-0.25, -0.2) is 18.4 Å². The molecule has 29 heavy (non-hydrogen) atoms. The van der Waals surface area contributed by atoms with Gasteiger partial charge in [0.05, 0.1) is 15.6 Å². The van der Waals surface area contributed by atoms with E-state index in [9.17, 15) is 8.78 Å². The van der Waals surface area contributed by atoms with Crippen molar-refractivity contribution in [1.29, 1.82) is 0 Å². The lowest BCUT2D eigenvalue weighted by Gasteiger charge is -2.04. The van der Waals surface area contributed by atoms with E-state index in [1.165, 1.54) is 35.6 Å². The average molecular weight is 428 g/mol. The highest BCUT2D eigenvalue weighted by molar-refractivity contribution is 8.01. The van der Waals surface area contributed by atoms with Crippen LogP contribution in [0.15, 0.2) is 58.9 Å². The molecule has 2 heterocycles. The Hall–Kier alpha value is -2.51. The van der Waals surface area contributed by atoms with E-state index in [1.54, 1.807) is 28.6 Å². The zero-order chi connectivity index (χ0) is 20.5. The molecule has 0 N–H and O–H groups in total. The van der Waals surface area contributed by atoms with Crippen LogP contribution >= 0.6 is 23.1 Å². The summed E-state index contributed by atoms with van der Waals surface area (Å²) >= 11 is 3.21. The largest absolute Gasteiger partial charge is 0.217 e. The van der Waals surface area contributed by atoms with E-state index >= 15 is 0 Å². The van der Waals surface area contributed by atoms with E-state index in [4.69, 9.17) is 4.98 Å². The summed E-state index contributed by atoms with van der Waals surface area (Å²) in [5.74, 6) is -0.575. The Morgan fingerprint density at radius 2 is 1.66 bits per heavy atom. The lowest BCUT2D eigenvalue weighted by Crippen LogP contribution is -1.94. The molecule has 0 saturated heterocycles. The molecule has 0 unspecified atom stereocenters. The van der Waals surface area contributed by atoms with Gasteiger partial charge in [0.15, 0.2) is 0 Å². The first-order valence-electron chi connectivity index (χ1n) is 9.16. The Kier molecular flexibility index (Phi) is 5.52. The number of aromatic nitrogens is 3. The molecule has 0 atom stereocenters. The minimum absolute atomic E-state index is 0.284. The second kappa shape index (κ2) is 8.08. The molecule has 0 aliphatic carbocycles. The van der Waals surface area contributed by atoms with Gasteiger partial charge in [-0.2, -0.15) is 5.10 Å². The van der Waals surface area contributed by atoms with E-state index in [0.717, 1.165) is 32.3 Å². The average Bonchev–Trinajstić information content (AvgIpc) is 3.25. The summed E-state index contributed by atoms with van der Waals surface area (Å²) in [7, 11) is 0. The number of aryl methyl sites for hydroxylation is 1. The molecule has 0 amide bonds. The fourth-order valence-corrected chi connectivity index (χ4v) is 5.45. The highest BCUT2D eigenvalue weighted by Crippen LogP contribution is 2.40. The number of halogens is 2. The van der Waals surface area contributed by atoms with Gasteiger partial charge in [0, 0.05) is 22.6 Å². The zero-order valence-electron chi connectivity index (χ0n) is 16.2. The van der Waals surface area contributed by atoms with Crippen LogP contribution < -0.4 is 0 Å². The summed E-state index contributed by atoms with van der Waals surface area (Å²) in [6, 6.07) is 12.9. The fourth-order valence-electron chi connectivity index (χ4n) is 3.00. The van der Waals surface area contributed by atoms with Crippen molar-refractivity contribution in [2.24, 2.45) is 0 Å². The van der Waals surface area contributed by atoms with Gasteiger partial charge in [0.25, 0.3) is 0 Å². The van der Waals surface area contributed by atoms with Crippen LogP contribution in [0.2, 0.25) is 0 Å². The van der Waals surface area contributed by atoms with Gasteiger partial charge in [0.2, 0.25) is 5.13 Å². The summed E-state index contributed by atoms with van der Waals surface area (Å²) in [4.78, 5) is 4.77. The summed E-state index contributed by atoms with van der Waals surface area (Å²) < 4.78 is 30.1. The number of thiazole rings is 1. The molecule has 3 nitrogen and oxygen atoms in total. The first-order valence-corrected chi connectivity index (χ1v) is 10.9. The van der Waals surface area contributed by atoms with Crippen LogP contribution in [-0.4, -0.2) is 20.0 Å². The van der Waals surface area contributed by atoms with E-state index in [1.807, 2.05) is 25.3 Å². The van der Waals surface area contributed by atoms with Crippen LogP contribution in [0.3, 0.4) is 0 Å².